The van der Waals surface area contributed by atoms with Crippen LogP contribution < -0.4 is 0 Å². The largest absolute Gasteiger partial charge is 0.390 e. The average Bonchev–Trinajstić information content (AvgIpc) is 2.04. The lowest BCUT2D eigenvalue weighted by molar-refractivity contribution is -0.135. The smallest absolute Gasteiger partial charge is 0.345 e. The Kier molecular flexibility index (Phi) is 2.74. The lowest BCUT2D eigenvalue weighted by Crippen LogP contribution is -2.08. The minimum Gasteiger partial charge on any atom is -0.390 e. The molecule has 0 N–H and O–H groups in total. The molecule has 1 aromatic rings. The number of esters is 2. The molecule has 0 aliphatic heterocycles. The molecule has 0 amide bonds. The molecule has 1 rings (SSSR count). The van der Waals surface area contributed by atoms with Gasteiger partial charge in [-0.2, -0.15) is 0 Å². The van der Waals surface area contributed by atoms with Crippen molar-refractivity contribution >= 4 is 11.9 Å². The second kappa shape index (κ2) is 3.80. The van der Waals surface area contributed by atoms with Crippen LogP contribution in [0.5, 0.6) is 0 Å². The van der Waals surface area contributed by atoms with Crippen LogP contribution in [0, 0.1) is 5.82 Å². The summed E-state index contributed by atoms with van der Waals surface area (Å²) in [6.45, 7) is 1.13. The van der Waals surface area contributed by atoms with Crippen LogP contribution in [0.3, 0.4) is 0 Å². The Morgan fingerprint density at radius 2 is 1.77 bits per heavy atom. The van der Waals surface area contributed by atoms with Crippen molar-refractivity contribution in [3.8, 4) is 0 Å². The van der Waals surface area contributed by atoms with E-state index in [4.69, 9.17) is 0 Å². The zero-order valence-corrected chi connectivity index (χ0v) is 6.91. The Bertz CT molecular complexity index is 329. The molecule has 0 aliphatic rings. The standard InChI is InChI=1S/C9H7FO3/c1-6(11)13-9(12)7-2-4-8(10)5-3-7/h2-5H,1H3. The number of carbonyl (C=O) groups excluding carboxylic acids is 2. The Balaban J connectivity index is 2.78. The summed E-state index contributed by atoms with van der Waals surface area (Å²) in [7, 11) is 0. The third-order valence-electron chi connectivity index (χ3n) is 1.32. The second-order valence-electron chi connectivity index (χ2n) is 2.39. The fourth-order valence-electron chi connectivity index (χ4n) is 0.775. The van der Waals surface area contributed by atoms with Crippen LogP contribution in [0.2, 0.25) is 0 Å². The third kappa shape index (κ3) is 2.66. The first-order valence-electron chi connectivity index (χ1n) is 3.58. The van der Waals surface area contributed by atoms with Gasteiger partial charge in [-0.25, -0.2) is 9.18 Å². The van der Waals surface area contributed by atoms with Crippen LogP contribution in [0.1, 0.15) is 17.3 Å². The summed E-state index contributed by atoms with van der Waals surface area (Å²) in [6.07, 6.45) is 0. The quantitative estimate of drug-likeness (QED) is 0.488. The molecule has 3 nitrogen and oxygen atoms in total. The van der Waals surface area contributed by atoms with E-state index >= 15 is 0 Å². The van der Waals surface area contributed by atoms with E-state index < -0.39 is 17.8 Å². The van der Waals surface area contributed by atoms with E-state index in [0.29, 0.717) is 0 Å². The molecule has 1 aromatic carbocycles. The maximum atomic E-state index is 12.4. The molecule has 4 heteroatoms. The molecule has 0 bridgehead atoms. The van der Waals surface area contributed by atoms with Gasteiger partial charge in [0.2, 0.25) is 0 Å². The minimum atomic E-state index is -0.771. The van der Waals surface area contributed by atoms with Gasteiger partial charge in [-0.3, -0.25) is 4.79 Å². The van der Waals surface area contributed by atoms with Crippen molar-refractivity contribution in [1.82, 2.24) is 0 Å². The van der Waals surface area contributed by atoms with Crippen molar-refractivity contribution in [3.05, 3.63) is 35.6 Å². The van der Waals surface area contributed by atoms with E-state index in [1.54, 1.807) is 0 Å². The highest BCUT2D eigenvalue weighted by atomic mass is 19.1. The number of benzene rings is 1. The molecule has 68 valence electrons. The van der Waals surface area contributed by atoms with Crippen LogP contribution in [-0.4, -0.2) is 11.9 Å². The van der Waals surface area contributed by atoms with Crippen LogP contribution in [0.15, 0.2) is 24.3 Å². The number of ether oxygens (including phenoxy) is 1. The molecule has 0 saturated carbocycles. The molecular weight excluding hydrogens is 175 g/mol. The molecule has 0 radical (unpaired) electrons. The van der Waals surface area contributed by atoms with Crippen LogP contribution >= 0.6 is 0 Å². The Hall–Kier alpha value is -1.71. The molecule has 0 saturated heterocycles. The third-order valence-corrected chi connectivity index (χ3v) is 1.32. The van der Waals surface area contributed by atoms with E-state index in [1.165, 1.54) is 12.1 Å². The first kappa shape index (κ1) is 9.38. The summed E-state index contributed by atoms with van der Waals surface area (Å²) in [6, 6.07) is 4.74. The topological polar surface area (TPSA) is 43.4 Å². The van der Waals surface area contributed by atoms with Crippen molar-refractivity contribution in [2.75, 3.05) is 0 Å². The van der Waals surface area contributed by atoms with Crippen LogP contribution in [0.25, 0.3) is 0 Å². The maximum absolute atomic E-state index is 12.4. The van der Waals surface area contributed by atoms with Gasteiger partial charge in [0.05, 0.1) is 5.56 Å². The van der Waals surface area contributed by atoms with Crippen LogP contribution in [0.4, 0.5) is 4.39 Å². The Labute approximate surface area is 74.1 Å². The molecule has 0 unspecified atom stereocenters. The second-order valence-corrected chi connectivity index (χ2v) is 2.39. The Morgan fingerprint density at radius 1 is 1.23 bits per heavy atom. The van der Waals surface area contributed by atoms with Gasteiger partial charge in [0.15, 0.2) is 0 Å². The summed E-state index contributed by atoms with van der Waals surface area (Å²) >= 11 is 0. The highest BCUT2D eigenvalue weighted by Gasteiger charge is 2.08. The van der Waals surface area contributed by atoms with E-state index in [2.05, 4.69) is 4.74 Å². The number of hydrogen-bond acceptors (Lipinski definition) is 3. The van der Waals surface area contributed by atoms with Gasteiger partial charge in [-0.1, -0.05) is 0 Å². The lowest BCUT2D eigenvalue weighted by Gasteiger charge is -1.98. The highest BCUT2D eigenvalue weighted by molar-refractivity contribution is 5.96. The average molecular weight is 182 g/mol. The minimum absolute atomic E-state index is 0.150. The SMILES string of the molecule is CC(=O)OC(=O)c1ccc(F)cc1. The summed E-state index contributed by atoms with van der Waals surface area (Å²) in [5.41, 5.74) is 0.150. The number of hydrogen-bond donors (Lipinski definition) is 0. The fourth-order valence-corrected chi connectivity index (χ4v) is 0.775. The van der Waals surface area contributed by atoms with Gasteiger partial charge in [0, 0.05) is 6.92 Å². The van der Waals surface area contributed by atoms with Gasteiger partial charge in [0.1, 0.15) is 5.82 Å². The number of carbonyl (C=O) groups is 2. The predicted octanol–water partition coefficient (Wildman–Crippen LogP) is 1.53. The van der Waals surface area contributed by atoms with E-state index in [9.17, 15) is 14.0 Å². The zero-order chi connectivity index (χ0) is 9.84. The molecule has 0 aromatic heterocycles. The zero-order valence-electron chi connectivity index (χ0n) is 6.91. The van der Waals surface area contributed by atoms with E-state index in [1.807, 2.05) is 0 Å². The van der Waals surface area contributed by atoms with Gasteiger partial charge >= 0.3 is 11.9 Å². The highest BCUT2D eigenvalue weighted by Crippen LogP contribution is 2.04. The molecule has 0 spiro atoms. The molecule has 0 fully saturated rings. The van der Waals surface area contributed by atoms with Gasteiger partial charge < -0.3 is 4.74 Å². The van der Waals surface area contributed by atoms with Gasteiger partial charge in [-0.15, -0.1) is 0 Å². The fraction of sp³-hybridized carbons (Fsp3) is 0.111. The predicted molar refractivity (Wildman–Crippen MR) is 42.5 cm³/mol. The van der Waals surface area contributed by atoms with Crippen molar-refractivity contribution in [2.45, 2.75) is 6.92 Å². The first-order chi connectivity index (χ1) is 6.09. The van der Waals surface area contributed by atoms with E-state index in [0.717, 1.165) is 19.1 Å². The maximum Gasteiger partial charge on any atom is 0.345 e. The summed E-state index contributed by atoms with van der Waals surface area (Å²) in [5, 5.41) is 0. The van der Waals surface area contributed by atoms with Gasteiger partial charge in [0.25, 0.3) is 0 Å². The molecule has 0 heterocycles. The number of halogens is 1. The summed E-state index contributed by atoms with van der Waals surface area (Å²) in [5.74, 6) is -1.90. The lowest BCUT2D eigenvalue weighted by atomic mass is 10.2. The molecule has 0 atom stereocenters. The molecule has 0 aliphatic carbocycles. The van der Waals surface area contributed by atoms with Crippen molar-refractivity contribution in [3.63, 3.8) is 0 Å². The van der Waals surface area contributed by atoms with E-state index in [-0.39, 0.29) is 5.56 Å². The van der Waals surface area contributed by atoms with Crippen molar-refractivity contribution in [2.24, 2.45) is 0 Å². The van der Waals surface area contributed by atoms with Crippen LogP contribution in [-0.2, 0) is 9.53 Å². The summed E-state index contributed by atoms with van der Waals surface area (Å²) < 4.78 is 16.7. The van der Waals surface area contributed by atoms with Crippen molar-refractivity contribution < 1.29 is 18.7 Å². The van der Waals surface area contributed by atoms with Gasteiger partial charge in [-0.05, 0) is 24.3 Å². The Morgan fingerprint density at radius 3 is 2.23 bits per heavy atom. The normalized spacial score (nSPS) is 9.38. The summed E-state index contributed by atoms with van der Waals surface area (Å²) in [4.78, 5) is 21.4. The monoisotopic (exact) mass is 182 g/mol. The molecule has 13 heavy (non-hydrogen) atoms. The van der Waals surface area contributed by atoms with Crippen molar-refractivity contribution in [1.29, 1.82) is 0 Å². The first-order valence-corrected chi connectivity index (χ1v) is 3.58. The number of rotatable bonds is 1. The molecular formula is C9H7FO3.